The van der Waals surface area contributed by atoms with Gasteiger partial charge in [0.2, 0.25) is 5.91 Å². The quantitative estimate of drug-likeness (QED) is 0.675. The van der Waals surface area contributed by atoms with Crippen molar-refractivity contribution in [1.29, 1.82) is 0 Å². The van der Waals surface area contributed by atoms with E-state index in [1.807, 2.05) is 0 Å². The highest BCUT2D eigenvalue weighted by atomic mass is 16.5. The van der Waals surface area contributed by atoms with Crippen LogP contribution < -0.4 is 20.7 Å². The van der Waals surface area contributed by atoms with Crippen LogP contribution in [0.15, 0.2) is 60.8 Å². The summed E-state index contributed by atoms with van der Waals surface area (Å²) in [5.41, 5.74) is 1.78. The summed E-state index contributed by atoms with van der Waals surface area (Å²) in [5.74, 6) is -1.12. The Labute approximate surface area is 167 Å². The molecule has 2 aromatic carbocycles. The molecule has 0 unspecified atom stereocenters. The average Bonchev–Trinajstić information content (AvgIpc) is 2.73. The number of esters is 1. The number of nitrogens with one attached hydrogen (secondary N) is 3. The third-order valence-corrected chi connectivity index (χ3v) is 4.61. The molecule has 0 spiro atoms. The Kier molecular flexibility index (Phi) is 5.82. The number of carbonyl (C=O) groups excluding carboxylic acids is 3. The second kappa shape index (κ2) is 8.47. The number of carbonyl (C=O) groups is 3. The summed E-state index contributed by atoms with van der Waals surface area (Å²) in [6.45, 7) is 3.85. The molecule has 150 valence electrons. The fourth-order valence-electron chi connectivity index (χ4n) is 3.17. The summed E-state index contributed by atoms with van der Waals surface area (Å²) in [7, 11) is 2.81. The third-order valence-electron chi connectivity index (χ3n) is 4.61. The van der Waals surface area contributed by atoms with Crippen molar-refractivity contribution >= 4 is 23.6 Å². The van der Waals surface area contributed by atoms with Gasteiger partial charge in [0.1, 0.15) is 11.7 Å². The highest BCUT2D eigenvalue weighted by Crippen LogP contribution is 2.32. The maximum atomic E-state index is 13.1. The fraction of sp³-hybridized carbons (Fsp3) is 0.190. The van der Waals surface area contributed by atoms with Gasteiger partial charge in [-0.15, -0.1) is 0 Å². The predicted octanol–water partition coefficient (Wildman–Crippen LogP) is 2.60. The summed E-state index contributed by atoms with van der Waals surface area (Å²) < 4.78 is 9.96. The second-order valence-electron chi connectivity index (χ2n) is 6.38. The number of hydrogen-bond donors (Lipinski definition) is 3. The van der Waals surface area contributed by atoms with Gasteiger partial charge in [0, 0.05) is 5.70 Å². The van der Waals surface area contributed by atoms with Gasteiger partial charge in [-0.1, -0.05) is 30.8 Å². The molecule has 8 heteroatoms. The van der Waals surface area contributed by atoms with Crippen molar-refractivity contribution in [1.82, 2.24) is 10.6 Å². The number of anilines is 1. The minimum absolute atomic E-state index is 0.267. The van der Waals surface area contributed by atoms with Crippen molar-refractivity contribution in [3.63, 3.8) is 0 Å². The SMILES string of the molecule is C=C1NC(=O)N[C@@H](c2ccc(C(=O)OC)cc2)[C@H]1C(=O)Nc1ccccc1OC. The van der Waals surface area contributed by atoms with Crippen LogP contribution in [0.3, 0.4) is 0 Å². The maximum Gasteiger partial charge on any atom is 0.337 e. The summed E-state index contributed by atoms with van der Waals surface area (Å²) in [5, 5.41) is 8.13. The van der Waals surface area contributed by atoms with Crippen molar-refractivity contribution in [2.45, 2.75) is 6.04 Å². The van der Waals surface area contributed by atoms with Crippen molar-refractivity contribution in [3.05, 3.63) is 71.9 Å². The first-order valence-electron chi connectivity index (χ1n) is 8.83. The largest absolute Gasteiger partial charge is 0.495 e. The summed E-state index contributed by atoms with van der Waals surface area (Å²) >= 11 is 0. The van der Waals surface area contributed by atoms with E-state index in [2.05, 4.69) is 22.5 Å². The first-order valence-corrected chi connectivity index (χ1v) is 8.83. The third kappa shape index (κ3) is 4.21. The Morgan fingerprint density at radius 3 is 2.41 bits per heavy atom. The lowest BCUT2D eigenvalue weighted by molar-refractivity contribution is -0.119. The molecule has 1 aliphatic heterocycles. The Morgan fingerprint density at radius 1 is 1.07 bits per heavy atom. The van der Waals surface area contributed by atoms with Crippen LogP contribution in [-0.2, 0) is 9.53 Å². The fourth-order valence-corrected chi connectivity index (χ4v) is 3.17. The highest BCUT2D eigenvalue weighted by Gasteiger charge is 2.38. The zero-order valence-corrected chi connectivity index (χ0v) is 16.0. The van der Waals surface area contributed by atoms with Crippen LogP contribution in [-0.4, -0.2) is 32.1 Å². The first-order chi connectivity index (χ1) is 13.9. The topological polar surface area (TPSA) is 106 Å². The molecular formula is C21H21N3O5. The smallest absolute Gasteiger partial charge is 0.337 e. The Bertz CT molecular complexity index is 955. The Balaban J connectivity index is 1.89. The van der Waals surface area contributed by atoms with Gasteiger partial charge in [-0.3, -0.25) is 4.79 Å². The number of amides is 3. The zero-order chi connectivity index (χ0) is 21.0. The van der Waals surface area contributed by atoms with E-state index in [-0.39, 0.29) is 11.6 Å². The molecule has 8 nitrogen and oxygen atoms in total. The molecule has 29 heavy (non-hydrogen) atoms. The van der Waals surface area contributed by atoms with Crippen molar-refractivity contribution < 1.29 is 23.9 Å². The van der Waals surface area contributed by atoms with E-state index < -0.39 is 24.0 Å². The van der Waals surface area contributed by atoms with Crippen LogP contribution >= 0.6 is 0 Å². The van der Waals surface area contributed by atoms with Crippen molar-refractivity contribution in [2.75, 3.05) is 19.5 Å². The molecule has 1 heterocycles. The van der Waals surface area contributed by atoms with Gasteiger partial charge in [-0.2, -0.15) is 0 Å². The van der Waals surface area contributed by atoms with E-state index in [0.29, 0.717) is 22.6 Å². The minimum Gasteiger partial charge on any atom is -0.495 e. The van der Waals surface area contributed by atoms with Crippen LogP contribution in [0.2, 0.25) is 0 Å². The number of rotatable bonds is 5. The predicted molar refractivity (Wildman–Crippen MR) is 106 cm³/mol. The van der Waals surface area contributed by atoms with E-state index in [1.165, 1.54) is 14.2 Å². The second-order valence-corrected chi connectivity index (χ2v) is 6.38. The number of methoxy groups -OCH3 is 2. The van der Waals surface area contributed by atoms with Gasteiger partial charge in [0.15, 0.2) is 0 Å². The van der Waals surface area contributed by atoms with Gasteiger partial charge in [-0.05, 0) is 29.8 Å². The van der Waals surface area contributed by atoms with E-state index in [4.69, 9.17) is 9.47 Å². The van der Waals surface area contributed by atoms with Crippen LogP contribution in [0.4, 0.5) is 10.5 Å². The molecule has 3 N–H and O–H groups in total. The van der Waals surface area contributed by atoms with E-state index >= 15 is 0 Å². The number of para-hydroxylation sites is 2. The molecule has 2 aromatic rings. The summed E-state index contributed by atoms with van der Waals surface area (Å²) in [6.07, 6.45) is 0. The molecule has 0 saturated carbocycles. The van der Waals surface area contributed by atoms with E-state index in [0.717, 1.165) is 0 Å². The normalized spacial score (nSPS) is 18.3. The standard InChI is InChI=1S/C21H21N3O5/c1-12-17(19(25)23-15-6-4-5-7-16(15)28-2)18(24-21(27)22-12)13-8-10-14(11-9-13)20(26)29-3/h4-11,17-18H,1H2,2-3H3,(H,23,25)(H2,22,24,27)/t17-,18-/m0/s1. The molecule has 0 bridgehead atoms. The number of benzene rings is 2. The summed E-state index contributed by atoms with van der Waals surface area (Å²) in [4.78, 5) is 36.7. The molecule has 1 saturated heterocycles. The van der Waals surface area contributed by atoms with E-state index in [9.17, 15) is 14.4 Å². The molecular weight excluding hydrogens is 374 g/mol. The number of ether oxygens (including phenoxy) is 2. The number of urea groups is 1. The monoisotopic (exact) mass is 395 g/mol. The van der Waals surface area contributed by atoms with Gasteiger partial charge in [-0.25, -0.2) is 9.59 Å². The van der Waals surface area contributed by atoms with Crippen LogP contribution in [0.5, 0.6) is 5.75 Å². The summed E-state index contributed by atoms with van der Waals surface area (Å²) in [6, 6.07) is 12.4. The molecule has 3 amide bonds. The average molecular weight is 395 g/mol. The van der Waals surface area contributed by atoms with Crippen LogP contribution in [0, 0.1) is 5.92 Å². The maximum absolute atomic E-state index is 13.1. The molecule has 0 radical (unpaired) electrons. The first kappa shape index (κ1) is 19.9. The lowest BCUT2D eigenvalue weighted by Crippen LogP contribution is -2.51. The van der Waals surface area contributed by atoms with Crippen molar-refractivity contribution in [2.24, 2.45) is 5.92 Å². The van der Waals surface area contributed by atoms with Crippen LogP contribution in [0.25, 0.3) is 0 Å². The van der Waals surface area contributed by atoms with Gasteiger partial charge in [0.05, 0.1) is 31.5 Å². The lowest BCUT2D eigenvalue weighted by Gasteiger charge is -2.34. The minimum atomic E-state index is -0.790. The molecule has 3 rings (SSSR count). The van der Waals surface area contributed by atoms with Gasteiger partial charge in [0.25, 0.3) is 0 Å². The lowest BCUT2D eigenvalue weighted by atomic mass is 9.88. The highest BCUT2D eigenvalue weighted by molar-refractivity contribution is 5.98. The number of hydrogen-bond acceptors (Lipinski definition) is 5. The van der Waals surface area contributed by atoms with Crippen LogP contribution in [0.1, 0.15) is 22.0 Å². The molecule has 1 aliphatic rings. The molecule has 1 fully saturated rings. The zero-order valence-electron chi connectivity index (χ0n) is 16.0. The van der Waals surface area contributed by atoms with E-state index in [1.54, 1.807) is 48.5 Å². The molecule has 2 atom stereocenters. The Morgan fingerprint density at radius 2 is 1.76 bits per heavy atom. The van der Waals surface area contributed by atoms with Gasteiger partial charge < -0.3 is 25.4 Å². The van der Waals surface area contributed by atoms with Crippen molar-refractivity contribution in [3.8, 4) is 5.75 Å². The molecule has 0 aliphatic carbocycles. The Hall–Kier alpha value is -3.81. The van der Waals surface area contributed by atoms with Gasteiger partial charge >= 0.3 is 12.0 Å². The molecule has 0 aromatic heterocycles.